The predicted molar refractivity (Wildman–Crippen MR) is 130 cm³/mol. The summed E-state index contributed by atoms with van der Waals surface area (Å²) in [5.41, 5.74) is 6.24. The number of amides is 3. The summed E-state index contributed by atoms with van der Waals surface area (Å²) in [5, 5.41) is 44.7. The number of carboxylic acids is 2. The molecule has 0 aliphatic rings. The van der Waals surface area contributed by atoms with Gasteiger partial charge in [-0.2, -0.15) is 11.8 Å². The third-order valence-corrected chi connectivity index (χ3v) is 5.68. The summed E-state index contributed by atoms with van der Waals surface area (Å²) in [4.78, 5) is 60.8. The number of benzene rings is 1. The molecule has 0 spiro atoms. The fraction of sp³-hybridized carbons (Fsp3) is 0.500. The van der Waals surface area contributed by atoms with Crippen molar-refractivity contribution in [3.05, 3.63) is 29.8 Å². The van der Waals surface area contributed by atoms with E-state index in [1.54, 1.807) is 0 Å². The minimum absolute atomic E-state index is 0.0381. The van der Waals surface area contributed by atoms with Crippen molar-refractivity contribution in [3.8, 4) is 5.75 Å². The van der Waals surface area contributed by atoms with E-state index in [9.17, 15) is 44.4 Å². The molecule has 0 aliphatic heterocycles. The van der Waals surface area contributed by atoms with Crippen molar-refractivity contribution in [2.45, 2.75) is 56.5 Å². The van der Waals surface area contributed by atoms with Crippen LogP contribution in [0, 0.1) is 0 Å². The van der Waals surface area contributed by atoms with Crippen molar-refractivity contribution in [1.82, 2.24) is 16.0 Å². The van der Waals surface area contributed by atoms with E-state index in [4.69, 9.17) is 5.73 Å². The van der Waals surface area contributed by atoms with Gasteiger partial charge in [0.2, 0.25) is 17.7 Å². The SMILES string of the molecule is CSCCC(N)C(=O)NC(C(=O)NC(CC(=O)O)C(=O)NC(Cc1ccc(O)cc1)C(=O)O)C(C)O. The van der Waals surface area contributed by atoms with Crippen molar-refractivity contribution < 1.29 is 44.4 Å². The Bertz CT molecular complexity index is 927. The Morgan fingerprint density at radius 2 is 1.53 bits per heavy atom. The minimum Gasteiger partial charge on any atom is -0.508 e. The lowest BCUT2D eigenvalue weighted by Gasteiger charge is -2.26. The molecule has 200 valence electrons. The molecule has 14 heteroatoms. The van der Waals surface area contributed by atoms with Crippen LogP contribution in [0.2, 0.25) is 0 Å². The molecule has 0 bridgehead atoms. The van der Waals surface area contributed by atoms with Gasteiger partial charge in [-0.3, -0.25) is 19.2 Å². The van der Waals surface area contributed by atoms with Crippen molar-refractivity contribution >= 4 is 41.4 Å². The molecule has 5 atom stereocenters. The van der Waals surface area contributed by atoms with Gasteiger partial charge in [-0.15, -0.1) is 0 Å². The van der Waals surface area contributed by atoms with E-state index in [0.29, 0.717) is 17.7 Å². The first kappa shape index (κ1) is 30.7. The highest BCUT2D eigenvalue weighted by Crippen LogP contribution is 2.12. The van der Waals surface area contributed by atoms with Crippen LogP contribution in [0.5, 0.6) is 5.75 Å². The fourth-order valence-electron chi connectivity index (χ4n) is 3.03. The van der Waals surface area contributed by atoms with Crippen molar-refractivity contribution in [2.75, 3.05) is 12.0 Å². The molecular formula is C22H32N4O9S. The molecule has 3 amide bonds. The van der Waals surface area contributed by atoms with Crippen LogP contribution in [-0.4, -0.2) is 92.4 Å². The normalized spacial score (nSPS) is 15.0. The van der Waals surface area contributed by atoms with E-state index in [0.717, 1.165) is 0 Å². The number of aromatic hydroxyl groups is 1. The summed E-state index contributed by atoms with van der Waals surface area (Å²) in [6.07, 6.45) is -0.365. The third kappa shape index (κ3) is 10.5. The zero-order chi connectivity index (χ0) is 27.4. The number of hydrogen-bond donors (Lipinski definition) is 8. The molecule has 0 aliphatic carbocycles. The molecule has 0 aromatic heterocycles. The van der Waals surface area contributed by atoms with Crippen molar-refractivity contribution in [2.24, 2.45) is 5.73 Å². The van der Waals surface area contributed by atoms with Gasteiger partial charge in [-0.1, -0.05) is 12.1 Å². The number of carbonyl (C=O) groups is 5. The van der Waals surface area contributed by atoms with E-state index < -0.39 is 66.4 Å². The number of phenolic OH excluding ortho intramolecular Hbond substituents is 1. The van der Waals surface area contributed by atoms with Crippen molar-refractivity contribution in [3.63, 3.8) is 0 Å². The fourth-order valence-corrected chi connectivity index (χ4v) is 3.52. The summed E-state index contributed by atoms with van der Waals surface area (Å²) >= 11 is 1.46. The van der Waals surface area contributed by atoms with Crippen LogP contribution < -0.4 is 21.7 Å². The number of aliphatic carboxylic acids is 2. The van der Waals surface area contributed by atoms with Crippen LogP contribution in [0.1, 0.15) is 25.3 Å². The number of carbonyl (C=O) groups excluding carboxylic acids is 3. The smallest absolute Gasteiger partial charge is 0.326 e. The number of nitrogens with two attached hydrogens (primary N) is 1. The number of carboxylic acid groups (broad SMARTS) is 2. The van der Waals surface area contributed by atoms with Crippen LogP contribution >= 0.6 is 11.8 Å². The van der Waals surface area contributed by atoms with E-state index >= 15 is 0 Å². The van der Waals surface area contributed by atoms with Gasteiger partial charge < -0.3 is 42.1 Å². The van der Waals surface area contributed by atoms with Crippen LogP contribution in [0.15, 0.2) is 24.3 Å². The molecule has 1 aromatic rings. The van der Waals surface area contributed by atoms with Crippen molar-refractivity contribution in [1.29, 1.82) is 0 Å². The number of thioether (sulfide) groups is 1. The number of phenols is 1. The van der Waals surface area contributed by atoms with E-state index in [2.05, 4.69) is 16.0 Å². The van der Waals surface area contributed by atoms with E-state index in [1.165, 1.54) is 43.0 Å². The average molecular weight is 529 g/mol. The number of aliphatic hydroxyl groups is 1. The molecular weight excluding hydrogens is 496 g/mol. The third-order valence-electron chi connectivity index (χ3n) is 5.03. The summed E-state index contributed by atoms with van der Waals surface area (Å²) in [6.45, 7) is 1.21. The lowest BCUT2D eigenvalue weighted by Crippen LogP contribution is -2.60. The molecule has 0 heterocycles. The highest BCUT2D eigenvalue weighted by Gasteiger charge is 2.33. The summed E-state index contributed by atoms with van der Waals surface area (Å²) in [6, 6.07) is -0.115. The van der Waals surface area contributed by atoms with E-state index in [1.807, 2.05) is 6.26 Å². The van der Waals surface area contributed by atoms with Gasteiger partial charge in [-0.25, -0.2) is 4.79 Å². The second-order valence-electron chi connectivity index (χ2n) is 8.04. The Morgan fingerprint density at radius 3 is 2.03 bits per heavy atom. The molecule has 0 fully saturated rings. The quantitative estimate of drug-likeness (QED) is 0.129. The Morgan fingerprint density at radius 1 is 0.944 bits per heavy atom. The zero-order valence-electron chi connectivity index (χ0n) is 19.8. The maximum Gasteiger partial charge on any atom is 0.326 e. The standard InChI is InChI=1S/C22H32N4O9S/c1-11(27)18(26-19(31)14(23)7-8-36-2)21(33)24-15(10-17(29)30)20(32)25-16(22(34)35)9-12-3-5-13(28)6-4-12/h3-6,11,14-16,18,27-28H,7-10,23H2,1-2H3,(H,24,33)(H,25,32)(H,26,31)(H,29,30)(H,34,35). The summed E-state index contributed by atoms with van der Waals surface area (Å²) in [7, 11) is 0. The van der Waals surface area contributed by atoms with Gasteiger partial charge in [0.05, 0.1) is 18.6 Å². The Balaban J connectivity index is 2.97. The molecule has 5 unspecified atom stereocenters. The van der Waals surface area contributed by atoms with Gasteiger partial charge in [0.1, 0.15) is 23.9 Å². The van der Waals surface area contributed by atoms with Crippen LogP contribution in [0.3, 0.4) is 0 Å². The molecule has 9 N–H and O–H groups in total. The van der Waals surface area contributed by atoms with Gasteiger partial charge in [0, 0.05) is 6.42 Å². The first-order valence-electron chi connectivity index (χ1n) is 10.9. The molecule has 0 saturated carbocycles. The predicted octanol–water partition coefficient (Wildman–Crippen LogP) is -1.59. The van der Waals surface area contributed by atoms with E-state index in [-0.39, 0.29) is 12.2 Å². The van der Waals surface area contributed by atoms with Gasteiger partial charge in [0.25, 0.3) is 0 Å². The molecule has 36 heavy (non-hydrogen) atoms. The number of hydrogen-bond acceptors (Lipinski definition) is 9. The topological polar surface area (TPSA) is 228 Å². The van der Waals surface area contributed by atoms with Crippen LogP contribution in [0.4, 0.5) is 0 Å². The molecule has 0 radical (unpaired) electrons. The van der Waals surface area contributed by atoms with Gasteiger partial charge >= 0.3 is 11.9 Å². The minimum atomic E-state index is -1.71. The first-order valence-corrected chi connectivity index (χ1v) is 12.3. The number of rotatable bonds is 15. The van der Waals surface area contributed by atoms with Crippen LogP contribution in [0.25, 0.3) is 0 Å². The Labute approximate surface area is 211 Å². The number of nitrogens with one attached hydrogen (secondary N) is 3. The largest absolute Gasteiger partial charge is 0.508 e. The Hall–Kier alpha value is -3.36. The van der Waals surface area contributed by atoms with Gasteiger partial charge in [0.15, 0.2) is 0 Å². The average Bonchev–Trinajstić information content (AvgIpc) is 2.80. The molecule has 13 nitrogen and oxygen atoms in total. The molecule has 0 saturated heterocycles. The maximum atomic E-state index is 12.8. The summed E-state index contributed by atoms with van der Waals surface area (Å²) < 4.78 is 0. The Kier molecular flexibility index (Phi) is 12.7. The lowest BCUT2D eigenvalue weighted by molar-refractivity contribution is -0.143. The summed E-state index contributed by atoms with van der Waals surface area (Å²) in [5.74, 6) is -5.20. The van der Waals surface area contributed by atoms with Crippen LogP contribution in [-0.2, 0) is 30.4 Å². The highest BCUT2D eigenvalue weighted by atomic mass is 32.2. The lowest BCUT2D eigenvalue weighted by atomic mass is 10.0. The molecule has 1 rings (SSSR count). The van der Waals surface area contributed by atoms with Gasteiger partial charge in [-0.05, 0) is 43.0 Å². The second kappa shape index (κ2) is 14.9. The maximum absolute atomic E-state index is 12.8. The second-order valence-corrected chi connectivity index (χ2v) is 9.03. The monoisotopic (exact) mass is 528 g/mol. The highest BCUT2D eigenvalue weighted by molar-refractivity contribution is 7.98. The zero-order valence-corrected chi connectivity index (χ0v) is 20.7. The number of aliphatic hydroxyl groups excluding tert-OH is 1. The first-order chi connectivity index (χ1) is 16.8. The molecule has 1 aromatic carbocycles.